The summed E-state index contributed by atoms with van der Waals surface area (Å²) in [5, 5.41) is 3.68. The molecule has 3 rings (SSSR count). The number of carbonyl (C=O) groups is 1. The number of amides is 1. The molecular formula is C17H14F3N3OS2. The summed E-state index contributed by atoms with van der Waals surface area (Å²) < 4.78 is 38.9. The van der Waals surface area contributed by atoms with Gasteiger partial charge in [0.05, 0.1) is 5.69 Å². The predicted molar refractivity (Wildman–Crippen MR) is 96.9 cm³/mol. The van der Waals surface area contributed by atoms with Crippen LogP contribution in [0.1, 0.15) is 21.7 Å². The van der Waals surface area contributed by atoms with Crippen LogP contribution in [0, 0.1) is 13.8 Å². The lowest BCUT2D eigenvalue weighted by Gasteiger charge is -2.20. The Hall–Kier alpha value is -2.26. The zero-order valence-corrected chi connectivity index (χ0v) is 15.5. The Bertz CT molecular complexity index is 933. The van der Waals surface area contributed by atoms with Crippen LogP contribution in [0.15, 0.2) is 35.0 Å². The third-order valence-electron chi connectivity index (χ3n) is 3.52. The molecule has 2 aromatic heterocycles. The van der Waals surface area contributed by atoms with Gasteiger partial charge in [0.15, 0.2) is 5.13 Å². The summed E-state index contributed by atoms with van der Waals surface area (Å²) in [6, 6.07) is 7.50. The highest BCUT2D eigenvalue weighted by molar-refractivity contribution is 7.14. The van der Waals surface area contributed by atoms with Crippen LogP contribution in [0.25, 0.3) is 10.6 Å². The van der Waals surface area contributed by atoms with Crippen LogP contribution in [-0.2, 0) is 0 Å². The molecule has 0 spiro atoms. The van der Waals surface area contributed by atoms with Gasteiger partial charge in [0.1, 0.15) is 17.2 Å². The van der Waals surface area contributed by atoms with Gasteiger partial charge in [-0.2, -0.15) is 13.2 Å². The van der Waals surface area contributed by atoms with Gasteiger partial charge >= 0.3 is 6.18 Å². The quantitative estimate of drug-likeness (QED) is 0.616. The minimum absolute atomic E-state index is 0.00951. The van der Waals surface area contributed by atoms with E-state index < -0.39 is 18.6 Å². The van der Waals surface area contributed by atoms with Gasteiger partial charge in [-0.3, -0.25) is 9.69 Å². The summed E-state index contributed by atoms with van der Waals surface area (Å²) in [7, 11) is 0. The number of anilines is 1. The van der Waals surface area contributed by atoms with Crippen molar-refractivity contribution in [3.05, 3.63) is 52.0 Å². The van der Waals surface area contributed by atoms with Crippen molar-refractivity contribution in [2.45, 2.75) is 20.0 Å². The lowest BCUT2D eigenvalue weighted by atomic mass is 10.1. The molecule has 0 saturated heterocycles. The van der Waals surface area contributed by atoms with Crippen molar-refractivity contribution < 1.29 is 18.0 Å². The maximum absolute atomic E-state index is 13.0. The molecule has 0 aliphatic heterocycles. The van der Waals surface area contributed by atoms with E-state index >= 15 is 0 Å². The summed E-state index contributed by atoms with van der Waals surface area (Å²) in [4.78, 5) is 21.6. The maximum Gasteiger partial charge on any atom is 0.406 e. The highest BCUT2D eigenvalue weighted by Gasteiger charge is 2.36. The van der Waals surface area contributed by atoms with E-state index in [1.807, 2.05) is 31.2 Å². The number of aryl methyl sites for hydroxylation is 2. The van der Waals surface area contributed by atoms with E-state index in [1.165, 1.54) is 16.7 Å². The Labute approximate surface area is 156 Å². The minimum atomic E-state index is -4.54. The molecule has 0 saturated carbocycles. The number of hydrogen-bond donors (Lipinski definition) is 0. The second kappa shape index (κ2) is 7.16. The molecular weight excluding hydrogens is 383 g/mol. The molecule has 2 heterocycles. The van der Waals surface area contributed by atoms with Crippen LogP contribution >= 0.6 is 22.7 Å². The van der Waals surface area contributed by atoms with E-state index in [9.17, 15) is 18.0 Å². The summed E-state index contributed by atoms with van der Waals surface area (Å²) in [6.07, 6.45) is -4.54. The lowest BCUT2D eigenvalue weighted by molar-refractivity contribution is -0.118. The topological polar surface area (TPSA) is 46.1 Å². The minimum Gasteiger partial charge on any atom is -0.273 e. The summed E-state index contributed by atoms with van der Waals surface area (Å²) in [5.41, 5.74) is 2.36. The average Bonchev–Trinajstić information content (AvgIpc) is 3.21. The molecule has 1 amide bonds. The third kappa shape index (κ3) is 4.10. The normalized spacial score (nSPS) is 11.6. The number of hydrogen-bond acceptors (Lipinski definition) is 5. The maximum atomic E-state index is 13.0. The van der Waals surface area contributed by atoms with E-state index in [2.05, 4.69) is 9.97 Å². The van der Waals surface area contributed by atoms with Gasteiger partial charge in [0.2, 0.25) is 0 Å². The first-order valence-electron chi connectivity index (χ1n) is 7.57. The van der Waals surface area contributed by atoms with Crippen molar-refractivity contribution in [3.63, 3.8) is 0 Å². The van der Waals surface area contributed by atoms with Gasteiger partial charge in [-0.15, -0.1) is 22.7 Å². The molecule has 0 aliphatic rings. The molecule has 3 aromatic rings. The molecule has 26 heavy (non-hydrogen) atoms. The Balaban J connectivity index is 1.94. The van der Waals surface area contributed by atoms with E-state index in [0.29, 0.717) is 15.6 Å². The first-order valence-corrected chi connectivity index (χ1v) is 9.33. The van der Waals surface area contributed by atoms with E-state index in [1.54, 1.807) is 12.3 Å². The van der Waals surface area contributed by atoms with Gasteiger partial charge in [-0.25, -0.2) is 9.97 Å². The lowest BCUT2D eigenvalue weighted by Crippen LogP contribution is -2.39. The first-order chi connectivity index (χ1) is 12.2. The molecule has 0 unspecified atom stereocenters. The largest absolute Gasteiger partial charge is 0.406 e. The summed E-state index contributed by atoms with van der Waals surface area (Å²) >= 11 is 2.22. The molecule has 4 nitrogen and oxygen atoms in total. The number of alkyl halides is 3. The number of benzene rings is 1. The standard InChI is InChI=1S/C17H14F3N3OS2/c1-10-5-3-4-6-12(10)14-22-13(8-25-14)15(24)23(9-17(18,19)20)16-21-11(2)7-26-16/h3-8H,9H2,1-2H3. The van der Waals surface area contributed by atoms with Crippen LogP contribution in [0.5, 0.6) is 0 Å². The number of halogens is 3. The number of aromatic nitrogens is 2. The SMILES string of the molecule is Cc1csc(N(CC(F)(F)F)C(=O)c2csc(-c3ccccc3C)n2)n1. The van der Waals surface area contributed by atoms with Crippen LogP contribution in [0.4, 0.5) is 18.3 Å². The predicted octanol–water partition coefficient (Wildman–Crippen LogP) is 5.09. The number of carbonyl (C=O) groups excluding carboxylic acids is 1. The Kier molecular flexibility index (Phi) is 5.10. The monoisotopic (exact) mass is 397 g/mol. The van der Waals surface area contributed by atoms with Gasteiger partial charge in [0.25, 0.3) is 5.91 Å². The van der Waals surface area contributed by atoms with E-state index in [4.69, 9.17) is 0 Å². The van der Waals surface area contributed by atoms with Crippen molar-refractivity contribution in [2.75, 3.05) is 11.4 Å². The fraction of sp³-hybridized carbons (Fsp3) is 0.235. The highest BCUT2D eigenvalue weighted by Crippen LogP contribution is 2.30. The van der Waals surface area contributed by atoms with Crippen LogP contribution < -0.4 is 4.90 Å². The number of nitrogens with zero attached hydrogens (tertiary/aromatic N) is 3. The molecule has 136 valence electrons. The van der Waals surface area contributed by atoms with Crippen LogP contribution in [0.3, 0.4) is 0 Å². The van der Waals surface area contributed by atoms with Crippen molar-refractivity contribution in [2.24, 2.45) is 0 Å². The second-order valence-electron chi connectivity index (χ2n) is 5.63. The van der Waals surface area contributed by atoms with Crippen molar-refractivity contribution in [3.8, 4) is 10.6 Å². The summed E-state index contributed by atoms with van der Waals surface area (Å²) in [6.45, 7) is 2.16. The Morgan fingerprint density at radius 2 is 1.85 bits per heavy atom. The van der Waals surface area contributed by atoms with Gasteiger partial charge in [0, 0.05) is 16.3 Å². The molecule has 0 radical (unpaired) electrons. The third-order valence-corrected chi connectivity index (χ3v) is 5.38. The summed E-state index contributed by atoms with van der Waals surface area (Å²) in [5.74, 6) is -0.812. The highest BCUT2D eigenvalue weighted by atomic mass is 32.1. The van der Waals surface area contributed by atoms with E-state index in [0.717, 1.165) is 22.5 Å². The van der Waals surface area contributed by atoms with Gasteiger partial charge < -0.3 is 0 Å². The number of rotatable bonds is 4. The zero-order chi connectivity index (χ0) is 18.9. The molecule has 0 N–H and O–H groups in total. The first kappa shape index (κ1) is 18.5. The van der Waals surface area contributed by atoms with Gasteiger partial charge in [-0.1, -0.05) is 24.3 Å². The molecule has 9 heteroatoms. The average molecular weight is 397 g/mol. The molecule has 0 fully saturated rings. The van der Waals surface area contributed by atoms with Crippen molar-refractivity contribution in [1.29, 1.82) is 0 Å². The van der Waals surface area contributed by atoms with Crippen molar-refractivity contribution in [1.82, 2.24) is 9.97 Å². The second-order valence-corrected chi connectivity index (χ2v) is 7.33. The fourth-order valence-electron chi connectivity index (χ4n) is 2.32. The van der Waals surface area contributed by atoms with Crippen LogP contribution in [0.2, 0.25) is 0 Å². The Morgan fingerprint density at radius 3 is 2.46 bits per heavy atom. The molecule has 0 atom stereocenters. The van der Waals surface area contributed by atoms with E-state index in [-0.39, 0.29) is 10.8 Å². The zero-order valence-electron chi connectivity index (χ0n) is 13.9. The molecule has 1 aromatic carbocycles. The molecule has 0 bridgehead atoms. The Morgan fingerprint density at radius 1 is 1.12 bits per heavy atom. The van der Waals surface area contributed by atoms with Crippen molar-refractivity contribution >= 4 is 33.7 Å². The van der Waals surface area contributed by atoms with Crippen LogP contribution in [-0.4, -0.2) is 28.6 Å². The fourth-order valence-corrected chi connectivity index (χ4v) is 4.00. The number of thiazole rings is 2. The smallest absolute Gasteiger partial charge is 0.273 e. The molecule has 0 aliphatic carbocycles. The van der Waals surface area contributed by atoms with Gasteiger partial charge in [-0.05, 0) is 19.4 Å².